The summed E-state index contributed by atoms with van der Waals surface area (Å²) in [7, 11) is 0. The first-order valence-corrected chi connectivity index (χ1v) is 15.8. The van der Waals surface area contributed by atoms with Gasteiger partial charge in [-0.3, -0.25) is 0 Å². The van der Waals surface area contributed by atoms with E-state index in [0.29, 0.717) is 0 Å². The fourth-order valence-electron chi connectivity index (χ4n) is 7.19. The van der Waals surface area contributed by atoms with Crippen molar-refractivity contribution in [2.24, 2.45) is 0 Å². The number of hydrogen-bond donors (Lipinski definition) is 0. The van der Waals surface area contributed by atoms with E-state index in [1.165, 1.54) is 71.1 Å². The smallest absolute Gasteiger partial charge is 0.0722 e. The highest BCUT2D eigenvalue weighted by molar-refractivity contribution is 6.22. The second kappa shape index (κ2) is 10.8. The van der Waals surface area contributed by atoms with Gasteiger partial charge in [-0.05, 0) is 83.9 Å². The zero-order valence-electron chi connectivity index (χ0n) is 25.2. The third kappa shape index (κ3) is 4.29. The normalized spacial score (nSPS) is 11.5. The maximum atomic E-state index is 5.18. The molecule has 9 aromatic rings. The molecule has 0 spiro atoms. The summed E-state index contributed by atoms with van der Waals surface area (Å²) in [4.78, 5) is 5.18. The van der Waals surface area contributed by atoms with Crippen molar-refractivity contribution in [1.82, 2.24) is 4.98 Å². The summed E-state index contributed by atoms with van der Waals surface area (Å²) in [6, 6.07) is 63.4. The maximum Gasteiger partial charge on any atom is 0.0722 e. The van der Waals surface area contributed by atoms with E-state index in [1.54, 1.807) is 0 Å². The van der Waals surface area contributed by atoms with Gasteiger partial charge < -0.3 is 0 Å². The first-order chi connectivity index (χ1) is 22.8. The van der Waals surface area contributed by atoms with Crippen molar-refractivity contribution < 1.29 is 0 Å². The van der Waals surface area contributed by atoms with Crippen molar-refractivity contribution >= 4 is 43.2 Å². The Morgan fingerprint density at radius 1 is 0.326 bits per heavy atom. The van der Waals surface area contributed by atoms with E-state index >= 15 is 0 Å². The molecule has 0 atom stereocenters. The minimum atomic E-state index is 0.979. The van der Waals surface area contributed by atoms with Gasteiger partial charge in [0.1, 0.15) is 0 Å². The van der Waals surface area contributed by atoms with Gasteiger partial charge >= 0.3 is 0 Å². The molecule has 1 aromatic heterocycles. The first-order valence-electron chi connectivity index (χ1n) is 15.8. The van der Waals surface area contributed by atoms with Crippen molar-refractivity contribution in [2.45, 2.75) is 0 Å². The molecule has 0 radical (unpaired) electrons. The molecule has 0 aliphatic carbocycles. The number of nitrogens with zero attached hydrogens (tertiary/aromatic N) is 1. The average molecular weight is 584 g/mol. The van der Waals surface area contributed by atoms with Crippen molar-refractivity contribution in [3.8, 4) is 44.6 Å². The zero-order chi connectivity index (χ0) is 30.5. The second-order valence-corrected chi connectivity index (χ2v) is 11.9. The predicted octanol–water partition coefficient (Wildman–Crippen LogP) is 12.4. The van der Waals surface area contributed by atoms with Gasteiger partial charge in [0.05, 0.1) is 11.2 Å². The van der Waals surface area contributed by atoms with Gasteiger partial charge in [-0.1, -0.05) is 158 Å². The second-order valence-electron chi connectivity index (χ2n) is 11.9. The van der Waals surface area contributed by atoms with E-state index < -0.39 is 0 Å². The van der Waals surface area contributed by atoms with Gasteiger partial charge in [-0.2, -0.15) is 0 Å². The molecular formula is C45H29N. The van der Waals surface area contributed by atoms with Crippen molar-refractivity contribution in [2.75, 3.05) is 0 Å². The standard InChI is InChI=1S/C45H29N/c1-3-15-31(16-4-1)42-29-40(45-35-21-8-7-14-30(35)26-27-41(45)46-42)33-19-13-20-34(28-33)44-38-24-11-9-22-36(38)43(32-17-5-2-6-18-32)37-23-10-12-25-39(37)44/h1-29H. The molecule has 0 aliphatic rings. The Balaban J connectivity index is 1.35. The molecule has 0 saturated carbocycles. The van der Waals surface area contributed by atoms with Crippen LogP contribution in [0.4, 0.5) is 0 Å². The van der Waals surface area contributed by atoms with Gasteiger partial charge in [-0.15, -0.1) is 0 Å². The summed E-state index contributed by atoms with van der Waals surface area (Å²) in [5.41, 5.74) is 10.5. The first kappa shape index (κ1) is 26.4. The third-order valence-corrected chi connectivity index (χ3v) is 9.22. The summed E-state index contributed by atoms with van der Waals surface area (Å²) in [5, 5.41) is 8.66. The molecule has 1 heteroatoms. The SMILES string of the molecule is c1ccc(-c2cc(-c3cccc(-c4c5ccccc5c(-c5ccccc5)c5ccccc45)c3)c3c(ccc4ccccc43)n2)cc1. The van der Waals surface area contributed by atoms with Crippen LogP contribution in [0.3, 0.4) is 0 Å². The van der Waals surface area contributed by atoms with Gasteiger partial charge in [0.25, 0.3) is 0 Å². The van der Waals surface area contributed by atoms with E-state index in [-0.39, 0.29) is 0 Å². The molecule has 0 unspecified atom stereocenters. The Labute approximate surface area is 268 Å². The van der Waals surface area contributed by atoms with Crippen LogP contribution in [0.2, 0.25) is 0 Å². The van der Waals surface area contributed by atoms with E-state index in [2.05, 4.69) is 176 Å². The lowest BCUT2D eigenvalue weighted by Crippen LogP contribution is -1.93. The summed E-state index contributed by atoms with van der Waals surface area (Å²) >= 11 is 0. The van der Waals surface area contributed by atoms with E-state index in [4.69, 9.17) is 4.98 Å². The molecule has 1 heterocycles. The Kier molecular flexibility index (Phi) is 6.21. The third-order valence-electron chi connectivity index (χ3n) is 9.22. The number of aromatic nitrogens is 1. The molecule has 0 bridgehead atoms. The fourth-order valence-corrected chi connectivity index (χ4v) is 7.19. The molecule has 1 nitrogen and oxygen atoms in total. The van der Waals surface area contributed by atoms with Crippen LogP contribution in [-0.4, -0.2) is 4.98 Å². The molecule has 0 fully saturated rings. The summed E-state index contributed by atoms with van der Waals surface area (Å²) in [6.07, 6.45) is 0. The number of hydrogen-bond acceptors (Lipinski definition) is 1. The lowest BCUT2D eigenvalue weighted by Gasteiger charge is -2.18. The van der Waals surface area contributed by atoms with Gasteiger partial charge in [0, 0.05) is 10.9 Å². The molecule has 8 aromatic carbocycles. The molecule has 0 amide bonds. The van der Waals surface area contributed by atoms with E-state index in [9.17, 15) is 0 Å². The molecule has 0 aliphatic heterocycles. The average Bonchev–Trinajstić information content (AvgIpc) is 3.14. The van der Waals surface area contributed by atoms with Crippen LogP contribution >= 0.6 is 0 Å². The lowest BCUT2D eigenvalue weighted by molar-refractivity contribution is 1.40. The van der Waals surface area contributed by atoms with Crippen molar-refractivity contribution in [3.63, 3.8) is 0 Å². The zero-order valence-corrected chi connectivity index (χ0v) is 25.2. The molecule has 0 N–H and O–H groups in total. The van der Waals surface area contributed by atoms with Crippen LogP contribution in [0, 0.1) is 0 Å². The topological polar surface area (TPSA) is 12.9 Å². The van der Waals surface area contributed by atoms with Crippen molar-refractivity contribution in [3.05, 3.63) is 176 Å². The van der Waals surface area contributed by atoms with E-state index in [1.807, 2.05) is 0 Å². The van der Waals surface area contributed by atoms with Crippen LogP contribution in [0.5, 0.6) is 0 Å². The van der Waals surface area contributed by atoms with Gasteiger partial charge in [0.2, 0.25) is 0 Å². The summed E-state index contributed by atoms with van der Waals surface area (Å²) < 4.78 is 0. The molecule has 0 saturated heterocycles. The number of rotatable bonds is 4. The lowest BCUT2D eigenvalue weighted by atomic mass is 9.85. The Bertz CT molecular complexity index is 2510. The van der Waals surface area contributed by atoms with Crippen LogP contribution in [0.25, 0.3) is 87.9 Å². The molecular weight excluding hydrogens is 555 g/mol. The molecule has 214 valence electrons. The van der Waals surface area contributed by atoms with Gasteiger partial charge in [0.15, 0.2) is 0 Å². The Morgan fingerprint density at radius 3 is 1.48 bits per heavy atom. The molecule has 46 heavy (non-hydrogen) atoms. The van der Waals surface area contributed by atoms with Crippen molar-refractivity contribution in [1.29, 1.82) is 0 Å². The highest BCUT2D eigenvalue weighted by Crippen LogP contribution is 2.45. The minimum absolute atomic E-state index is 0.979. The van der Waals surface area contributed by atoms with Crippen LogP contribution in [0.1, 0.15) is 0 Å². The monoisotopic (exact) mass is 583 g/mol. The Morgan fingerprint density at radius 2 is 0.826 bits per heavy atom. The van der Waals surface area contributed by atoms with Crippen LogP contribution in [0.15, 0.2) is 176 Å². The highest BCUT2D eigenvalue weighted by Gasteiger charge is 2.18. The van der Waals surface area contributed by atoms with E-state index in [0.717, 1.165) is 16.8 Å². The Hall–Kier alpha value is -6.05. The highest BCUT2D eigenvalue weighted by atomic mass is 14.7. The van der Waals surface area contributed by atoms with Crippen LogP contribution < -0.4 is 0 Å². The molecule has 9 rings (SSSR count). The maximum absolute atomic E-state index is 5.18. The summed E-state index contributed by atoms with van der Waals surface area (Å²) in [6.45, 7) is 0. The predicted molar refractivity (Wildman–Crippen MR) is 196 cm³/mol. The van der Waals surface area contributed by atoms with Gasteiger partial charge in [-0.25, -0.2) is 4.98 Å². The van der Waals surface area contributed by atoms with Crippen LogP contribution in [-0.2, 0) is 0 Å². The number of benzene rings is 8. The largest absolute Gasteiger partial charge is 0.248 e. The summed E-state index contributed by atoms with van der Waals surface area (Å²) in [5.74, 6) is 0. The fraction of sp³-hybridized carbons (Fsp3) is 0. The number of fused-ring (bicyclic) bond motifs is 5. The minimum Gasteiger partial charge on any atom is -0.248 e. The number of pyridine rings is 1. The quantitative estimate of drug-likeness (QED) is 0.148.